The zero-order valence-electron chi connectivity index (χ0n) is 12.8. The largest absolute Gasteiger partial charge is 0.369 e. The van der Waals surface area contributed by atoms with Crippen LogP contribution in [0.3, 0.4) is 0 Å². The minimum atomic E-state index is 0.0970. The van der Waals surface area contributed by atoms with E-state index in [2.05, 4.69) is 46.0 Å². The number of benzene rings is 1. The van der Waals surface area contributed by atoms with Crippen LogP contribution in [0.25, 0.3) is 0 Å². The summed E-state index contributed by atoms with van der Waals surface area (Å²) in [6.45, 7) is 5.41. The first-order chi connectivity index (χ1) is 10.2. The highest BCUT2D eigenvalue weighted by molar-refractivity contribution is 5.98. The third-order valence-electron chi connectivity index (χ3n) is 5.55. The molecule has 4 nitrogen and oxygen atoms in total. The van der Waals surface area contributed by atoms with Gasteiger partial charge in [0.2, 0.25) is 0 Å². The number of aliphatic imine (C=N–C) groups is 1. The van der Waals surface area contributed by atoms with Crippen LogP contribution in [0.2, 0.25) is 0 Å². The second-order valence-electron chi connectivity index (χ2n) is 6.75. The van der Waals surface area contributed by atoms with Gasteiger partial charge in [-0.15, -0.1) is 0 Å². The van der Waals surface area contributed by atoms with Crippen LogP contribution in [-0.2, 0) is 0 Å². The molecule has 112 valence electrons. The van der Waals surface area contributed by atoms with E-state index >= 15 is 0 Å². The summed E-state index contributed by atoms with van der Waals surface area (Å²) in [6.07, 6.45) is 5.14. The van der Waals surface area contributed by atoms with Gasteiger partial charge in [-0.3, -0.25) is 9.89 Å². The Hall–Kier alpha value is -1.55. The summed E-state index contributed by atoms with van der Waals surface area (Å²) in [6, 6.07) is 9.33. The Kier molecular flexibility index (Phi) is 2.96. The molecule has 4 heteroatoms. The van der Waals surface area contributed by atoms with Gasteiger partial charge in [0.25, 0.3) is 0 Å². The third-order valence-corrected chi connectivity index (χ3v) is 5.55. The molecule has 3 heterocycles. The molecule has 1 spiro atoms. The van der Waals surface area contributed by atoms with Crippen molar-refractivity contribution in [3.63, 3.8) is 0 Å². The molecule has 2 atom stereocenters. The average Bonchev–Trinajstić information content (AvgIpc) is 3.04. The van der Waals surface area contributed by atoms with Gasteiger partial charge in [-0.05, 0) is 44.9 Å². The molecule has 2 N–H and O–H groups in total. The molecule has 0 aromatic heterocycles. The van der Waals surface area contributed by atoms with Gasteiger partial charge in [0.1, 0.15) is 0 Å². The predicted octanol–water partition coefficient (Wildman–Crippen LogP) is 2.13. The molecule has 4 rings (SSSR count). The fourth-order valence-corrected chi connectivity index (χ4v) is 4.49. The van der Waals surface area contributed by atoms with Crippen LogP contribution in [0.4, 0.5) is 5.69 Å². The highest BCUT2D eigenvalue weighted by Crippen LogP contribution is 2.43. The average molecular weight is 284 g/mol. The molecule has 2 saturated heterocycles. The standard InChI is InChI=1S/C17H24N4/c1-13-5-7-14(8-6-13)21-16(18)19-12-17(21)9-11-20-10-3-2-4-15(17)20/h5-8,15H,2-4,9-12H2,1H3,(H2,18,19). The lowest BCUT2D eigenvalue weighted by Gasteiger charge is -2.44. The van der Waals surface area contributed by atoms with E-state index in [0.29, 0.717) is 12.0 Å². The lowest BCUT2D eigenvalue weighted by molar-refractivity contribution is 0.163. The Balaban J connectivity index is 1.73. The number of hydrogen-bond donors (Lipinski definition) is 1. The first-order valence-electron chi connectivity index (χ1n) is 8.12. The van der Waals surface area contributed by atoms with Crippen molar-refractivity contribution in [2.45, 2.75) is 44.2 Å². The first-order valence-corrected chi connectivity index (χ1v) is 8.12. The van der Waals surface area contributed by atoms with Crippen molar-refractivity contribution in [2.24, 2.45) is 10.7 Å². The molecule has 3 aliphatic heterocycles. The van der Waals surface area contributed by atoms with Gasteiger partial charge in [-0.25, -0.2) is 0 Å². The molecule has 21 heavy (non-hydrogen) atoms. The van der Waals surface area contributed by atoms with E-state index in [9.17, 15) is 0 Å². The van der Waals surface area contributed by atoms with Crippen molar-refractivity contribution in [3.8, 4) is 0 Å². The van der Waals surface area contributed by atoms with E-state index in [-0.39, 0.29) is 5.54 Å². The maximum absolute atomic E-state index is 6.28. The van der Waals surface area contributed by atoms with Crippen molar-refractivity contribution in [1.82, 2.24) is 4.90 Å². The molecule has 2 unspecified atom stereocenters. The number of rotatable bonds is 1. The Morgan fingerprint density at radius 2 is 2.00 bits per heavy atom. The van der Waals surface area contributed by atoms with E-state index in [1.807, 2.05) is 0 Å². The Bertz CT molecular complexity index is 565. The molecule has 0 bridgehead atoms. The van der Waals surface area contributed by atoms with E-state index in [1.54, 1.807) is 0 Å². The van der Waals surface area contributed by atoms with Crippen LogP contribution in [0, 0.1) is 6.92 Å². The van der Waals surface area contributed by atoms with Gasteiger partial charge >= 0.3 is 0 Å². The molecule has 3 aliphatic rings. The van der Waals surface area contributed by atoms with Crippen molar-refractivity contribution in [1.29, 1.82) is 0 Å². The first kappa shape index (κ1) is 13.1. The number of nitrogens with two attached hydrogens (primary N) is 1. The minimum absolute atomic E-state index is 0.0970. The number of piperidine rings is 1. The van der Waals surface area contributed by atoms with Crippen LogP contribution >= 0.6 is 0 Å². The van der Waals surface area contributed by atoms with Gasteiger partial charge in [0.05, 0.1) is 12.1 Å². The van der Waals surface area contributed by atoms with Crippen LogP contribution in [0.1, 0.15) is 31.2 Å². The maximum Gasteiger partial charge on any atom is 0.196 e. The lowest BCUT2D eigenvalue weighted by Crippen LogP contribution is -2.59. The number of anilines is 1. The molecule has 0 amide bonds. The second-order valence-corrected chi connectivity index (χ2v) is 6.75. The fourth-order valence-electron chi connectivity index (χ4n) is 4.49. The summed E-state index contributed by atoms with van der Waals surface area (Å²) < 4.78 is 0. The Labute approximate surface area is 126 Å². The topological polar surface area (TPSA) is 44.9 Å². The van der Waals surface area contributed by atoms with Crippen molar-refractivity contribution in [2.75, 3.05) is 24.5 Å². The second kappa shape index (κ2) is 4.73. The van der Waals surface area contributed by atoms with E-state index < -0.39 is 0 Å². The van der Waals surface area contributed by atoms with E-state index in [4.69, 9.17) is 5.73 Å². The molecule has 2 fully saturated rings. The summed E-state index contributed by atoms with van der Waals surface area (Å²) in [5, 5.41) is 0. The highest BCUT2D eigenvalue weighted by atomic mass is 15.4. The molecule has 0 saturated carbocycles. The van der Waals surface area contributed by atoms with Gasteiger partial charge < -0.3 is 10.6 Å². The van der Waals surface area contributed by atoms with E-state index in [0.717, 1.165) is 6.54 Å². The summed E-state index contributed by atoms with van der Waals surface area (Å²) in [4.78, 5) is 9.64. The quantitative estimate of drug-likeness (QED) is 0.859. The zero-order chi connectivity index (χ0) is 14.4. The van der Waals surface area contributed by atoms with Gasteiger partial charge in [0.15, 0.2) is 5.96 Å². The Morgan fingerprint density at radius 1 is 1.19 bits per heavy atom. The molecular formula is C17H24N4. The number of nitrogens with zero attached hydrogens (tertiary/aromatic N) is 3. The SMILES string of the molecule is Cc1ccc(N2C(N)=NCC23CCN2CCCCC23)cc1. The third kappa shape index (κ3) is 1.89. The summed E-state index contributed by atoms with van der Waals surface area (Å²) >= 11 is 0. The monoisotopic (exact) mass is 284 g/mol. The molecular weight excluding hydrogens is 260 g/mol. The summed E-state index contributed by atoms with van der Waals surface area (Å²) in [5.74, 6) is 0.700. The van der Waals surface area contributed by atoms with E-state index in [1.165, 1.54) is 50.0 Å². The van der Waals surface area contributed by atoms with Crippen molar-refractivity contribution >= 4 is 11.6 Å². The van der Waals surface area contributed by atoms with Crippen LogP contribution < -0.4 is 10.6 Å². The van der Waals surface area contributed by atoms with Crippen LogP contribution in [-0.4, -0.2) is 42.1 Å². The summed E-state index contributed by atoms with van der Waals surface area (Å²) in [7, 11) is 0. The van der Waals surface area contributed by atoms with Crippen molar-refractivity contribution < 1.29 is 0 Å². The predicted molar refractivity (Wildman–Crippen MR) is 86.7 cm³/mol. The normalized spacial score (nSPS) is 32.5. The number of guanidine groups is 1. The number of hydrogen-bond acceptors (Lipinski definition) is 4. The maximum atomic E-state index is 6.28. The molecule has 0 radical (unpaired) electrons. The molecule has 1 aromatic carbocycles. The number of fused-ring (bicyclic) bond motifs is 2. The van der Waals surface area contributed by atoms with Crippen molar-refractivity contribution in [3.05, 3.63) is 29.8 Å². The fraction of sp³-hybridized carbons (Fsp3) is 0.588. The smallest absolute Gasteiger partial charge is 0.196 e. The number of aryl methyl sites for hydroxylation is 1. The lowest BCUT2D eigenvalue weighted by atomic mass is 9.84. The molecule has 0 aliphatic carbocycles. The van der Waals surface area contributed by atoms with Gasteiger partial charge in [-0.1, -0.05) is 24.1 Å². The zero-order valence-corrected chi connectivity index (χ0v) is 12.8. The molecule has 1 aromatic rings. The highest BCUT2D eigenvalue weighted by Gasteiger charge is 2.55. The van der Waals surface area contributed by atoms with Crippen LogP contribution in [0.15, 0.2) is 29.3 Å². The van der Waals surface area contributed by atoms with Crippen LogP contribution in [0.5, 0.6) is 0 Å². The summed E-state index contributed by atoms with van der Waals surface area (Å²) in [5.41, 5.74) is 8.87. The van der Waals surface area contributed by atoms with Gasteiger partial charge in [0, 0.05) is 18.3 Å². The van der Waals surface area contributed by atoms with Gasteiger partial charge in [-0.2, -0.15) is 0 Å². The minimum Gasteiger partial charge on any atom is -0.369 e. The Morgan fingerprint density at radius 3 is 2.81 bits per heavy atom.